The first-order chi connectivity index (χ1) is 16.1. The van der Waals surface area contributed by atoms with E-state index in [9.17, 15) is 23.2 Å². The lowest BCUT2D eigenvalue weighted by atomic mass is 9.60. The van der Waals surface area contributed by atoms with Gasteiger partial charge >= 0.3 is 12.2 Å². The van der Waals surface area contributed by atoms with Crippen LogP contribution in [-0.2, 0) is 19.8 Å². The molecule has 0 radical (unpaired) electrons. The normalized spacial score (nSPS) is 23.3. The van der Waals surface area contributed by atoms with Crippen molar-refractivity contribution in [3.05, 3.63) is 29.9 Å². The van der Waals surface area contributed by atoms with Crippen LogP contribution in [0.4, 0.5) is 18.0 Å². The number of halogens is 3. The first-order valence-electron chi connectivity index (χ1n) is 11.2. The first kappa shape index (κ1) is 21.4. The van der Waals surface area contributed by atoms with Crippen LogP contribution < -0.4 is 0 Å². The number of hydrogen-bond donors (Lipinski definition) is 0. The summed E-state index contributed by atoms with van der Waals surface area (Å²) >= 11 is 0. The van der Waals surface area contributed by atoms with E-state index in [2.05, 4.69) is 26.0 Å². The molecule has 2 aromatic heterocycles. The van der Waals surface area contributed by atoms with Gasteiger partial charge in [-0.05, 0) is 12.8 Å². The lowest BCUT2D eigenvalue weighted by molar-refractivity contribution is -0.145. The largest absolute Gasteiger partial charge is 0.453 e. The molecule has 1 aliphatic carbocycles. The predicted octanol–water partition coefficient (Wildman–Crippen LogP) is 1.48. The average Bonchev–Trinajstić information content (AvgIpc) is 3.27. The van der Waals surface area contributed by atoms with Crippen LogP contribution in [0.25, 0.3) is 0 Å². The number of hydrogen-bond acceptors (Lipinski definition) is 6. The molecule has 1 saturated carbocycles. The van der Waals surface area contributed by atoms with Crippen molar-refractivity contribution in [3.8, 4) is 6.07 Å². The van der Waals surface area contributed by atoms with E-state index in [1.807, 2.05) is 21.4 Å². The third kappa shape index (κ3) is 3.26. The van der Waals surface area contributed by atoms with Gasteiger partial charge in [-0.15, -0.1) is 5.10 Å². The third-order valence-electron chi connectivity index (χ3n) is 7.78. The van der Waals surface area contributed by atoms with Gasteiger partial charge in [0.15, 0.2) is 5.69 Å². The van der Waals surface area contributed by atoms with Crippen LogP contribution in [0.2, 0.25) is 0 Å². The minimum Gasteiger partial charge on any atom is -0.335 e. The molecule has 13 heteroatoms. The minimum absolute atomic E-state index is 0.00203. The van der Waals surface area contributed by atoms with E-state index < -0.39 is 12.0 Å². The van der Waals surface area contributed by atoms with Gasteiger partial charge in [0.25, 0.3) is 5.82 Å². The van der Waals surface area contributed by atoms with Gasteiger partial charge in [0.05, 0.1) is 18.1 Å². The van der Waals surface area contributed by atoms with Crippen LogP contribution >= 0.6 is 0 Å². The fourth-order valence-electron chi connectivity index (χ4n) is 6.12. The van der Waals surface area contributed by atoms with E-state index in [4.69, 9.17) is 0 Å². The molecule has 0 bridgehead atoms. The highest BCUT2D eigenvalue weighted by atomic mass is 19.4. The highest BCUT2D eigenvalue weighted by Gasteiger charge is 2.58. The molecule has 5 heterocycles. The van der Waals surface area contributed by atoms with Crippen molar-refractivity contribution in [2.24, 2.45) is 17.9 Å². The van der Waals surface area contributed by atoms with Crippen LogP contribution in [-0.4, -0.2) is 84.3 Å². The summed E-state index contributed by atoms with van der Waals surface area (Å²) in [4.78, 5) is 26.3. The molecule has 6 rings (SSSR count). The predicted molar refractivity (Wildman–Crippen MR) is 110 cm³/mol. The molecule has 10 nitrogen and oxygen atoms in total. The van der Waals surface area contributed by atoms with Crippen LogP contribution in [0, 0.1) is 22.2 Å². The van der Waals surface area contributed by atoms with E-state index >= 15 is 0 Å². The number of rotatable bonds is 3. The van der Waals surface area contributed by atoms with Gasteiger partial charge < -0.3 is 14.4 Å². The number of amides is 2. The fourth-order valence-corrected chi connectivity index (χ4v) is 6.12. The molecular formula is C21H24F3N9O. The fraction of sp³-hybridized carbons (Fsp3) is 0.667. The van der Waals surface area contributed by atoms with Crippen molar-refractivity contribution in [1.82, 2.24) is 39.0 Å². The van der Waals surface area contributed by atoms with Gasteiger partial charge in [-0.1, -0.05) is 0 Å². The molecule has 2 aromatic rings. The monoisotopic (exact) mass is 475 g/mol. The Kier molecular flexibility index (Phi) is 4.37. The van der Waals surface area contributed by atoms with Crippen molar-refractivity contribution in [2.75, 3.05) is 39.3 Å². The Morgan fingerprint density at radius 2 is 1.74 bits per heavy atom. The van der Waals surface area contributed by atoms with Crippen molar-refractivity contribution >= 4 is 6.03 Å². The van der Waals surface area contributed by atoms with E-state index in [0.717, 1.165) is 51.0 Å². The van der Waals surface area contributed by atoms with E-state index in [0.29, 0.717) is 25.3 Å². The maximum atomic E-state index is 12.8. The number of nitriles is 1. The van der Waals surface area contributed by atoms with E-state index in [1.165, 1.54) is 4.68 Å². The molecule has 180 valence electrons. The Morgan fingerprint density at radius 3 is 2.32 bits per heavy atom. The Morgan fingerprint density at radius 1 is 1.09 bits per heavy atom. The maximum Gasteiger partial charge on any atom is 0.453 e. The second-order valence-electron chi connectivity index (χ2n) is 10.5. The molecular weight excluding hydrogens is 451 g/mol. The number of nitrogens with zero attached hydrogens (tertiary/aromatic N) is 9. The van der Waals surface area contributed by atoms with Gasteiger partial charge in [0.2, 0.25) is 0 Å². The van der Waals surface area contributed by atoms with Crippen LogP contribution in [0.5, 0.6) is 0 Å². The highest BCUT2D eigenvalue weighted by molar-refractivity contribution is 5.77. The summed E-state index contributed by atoms with van der Waals surface area (Å²) in [5.41, 5.74) is 1.52. The summed E-state index contributed by atoms with van der Waals surface area (Å²) in [5.74, 6) is -1.11. The topological polar surface area (TPSA) is 99.1 Å². The molecule has 0 unspecified atom stereocenters. The second kappa shape index (κ2) is 6.94. The summed E-state index contributed by atoms with van der Waals surface area (Å²) in [5, 5.41) is 12.8. The van der Waals surface area contributed by atoms with Crippen molar-refractivity contribution < 1.29 is 18.0 Å². The molecule has 3 saturated heterocycles. The first-order valence-corrected chi connectivity index (χ1v) is 11.2. The zero-order valence-corrected chi connectivity index (χ0v) is 18.7. The molecule has 0 atom stereocenters. The standard InChI is InChI=1S/C21H24F3N9O/c1-29-12-26-15(4-25)16(29)5-30-6-20(7-30)10-32(11-20)18(34)31-8-19(9-31)2-14(3-19)33-13-27-17(28-33)21(22,23)24/h12-14H,2-3,5-11H2,1H3. The molecule has 0 aromatic carbocycles. The number of likely N-dealkylation sites (tertiary alicyclic amines) is 3. The summed E-state index contributed by atoms with van der Waals surface area (Å²) in [6.07, 6.45) is -0.289. The molecule has 3 aliphatic heterocycles. The minimum atomic E-state index is -4.53. The zero-order valence-electron chi connectivity index (χ0n) is 18.7. The van der Waals surface area contributed by atoms with Gasteiger partial charge in [0.1, 0.15) is 12.4 Å². The average molecular weight is 475 g/mol. The molecule has 2 amide bonds. The number of alkyl halides is 3. The summed E-state index contributed by atoms with van der Waals surface area (Å²) in [6.45, 7) is 5.26. The highest BCUT2D eigenvalue weighted by Crippen LogP contribution is 2.54. The second-order valence-corrected chi connectivity index (χ2v) is 10.5. The third-order valence-corrected chi connectivity index (χ3v) is 7.78. The van der Waals surface area contributed by atoms with E-state index in [1.54, 1.807) is 6.33 Å². The van der Waals surface area contributed by atoms with Crippen molar-refractivity contribution in [1.29, 1.82) is 5.26 Å². The number of aromatic nitrogens is 5. The van der Waals surface area contributed by atoms with Gasteiger partial charge in [-0.25, -0.2) is 19.4 Å². The van der Waals surface area contributed by atoms with E-state index in [-0.39, 0.29) is 22.9 Å². The Labute approximate surface area is 193 Å². The zero-order chi connectivity index (χ0) is 23.9. The number of carbonyl (C=O) groups excluding carboxylic acids is 1. The lowest BCUT2D eigenvalue weighted by Crippen LogP contribution is -2.75. The smallest absolute Gasteiger partial charge is 0.335 e. The maximum absolute atomic E-state index is 12.8. The number of imidazole rings is 1. The molecule has 4 fully saturated rings. The number of carbonyl (C=O) groups is 1. The Bertz CT molecular complexity index is 1170. The van der Waals surface area contributed by atoms with Crippen LogP contribution in [0.3, 0.4) is 0 Å². The van der Waals surface area contributed by atoms with Gasteiger partial charge in [-0.3, -0.25) is 4.90 Å². The lowest BCUT2D eigenvalue weighted by Gasteiger charge is -2.63. The van der Waals surface area contributed by atoms with Crippen LogP contribution in [0.1, 0.15) is 36.1 Å². The number of urea groups is 1. The SMILES string of the molecule is Cn1cnc(C#N)c1CN1CC2(C1)CN(C(=O)N1CC3(CC(n4cnc(C(F)(F)F)n4)C3)C1)C2. The summed E-state index contributed by atoms with van der Waals surface area (Å²) in [6, 6.07) is 2.10. The van der Waals surface area contributed by atoms with Gasteiger partial charge in [-0.2, -0.15) is 18.4 Å². The summed E-state index contributed by atoms with van der Waals surface area (Å²) in [7, 11) is 1.89. The Hall–Kier alpha value is -3.14. The summed E-state index contributed by atoms with van der Waals surface area (Å²) < 4.78 is 41.3. The number of aryl methyl sites for hydroxylation is 1. The Balaban J connectivity index is 0.945. The van der Waals surface area contributed by atoms with Gasteiger partial charge in [0, 0.05) is 63.7 Å². The molecule has 0 N–H and O–H groups in total. The molecule has 2 spiro atoms. The van der Waals surface area contributed by atoms with Crippen molar-refractivity contribution in [3.63, 3.8) is 0 Å². The van der Waals surface area contributed by atoms with Crippen LogP contribution in [0.15, 0.2) is 12.7 Å². The van der Waals surface area contributed by atoms with Crippen molar-refractivity contribution in [2.45, 2.75) is 31.6 Å². The molecule has 34 heavy (non-hydrogen) atoms. The molecule has 4 aliphatic rings. The quantitative estimate of drug-likeness (QED) is 0.667.